The minimum atomic E-state index is -0.607. The van der Waals surface area contributed by atoms with Crippen LogP contribution in [0, 0.1) is 0 Å². The molecule has 0 aromatic heterocycles. The number of alkyl halides is 1. The Kier molecular flexibility index (Phi) is 5.00. The molecular weight excluding hydrogens is 310 g/mol. The maximum Gasteiger partial charge on any atom is 0.412 e. The minimum absolute atomic E-state index is 0.0167. The highest BCUT2D eigenvalue weighted by atomic mass is 79.9. The zero-order valence-corrected chi connectivity index (χ0v) is 12.9. The van der Waals surface area contributed by atoms with Gasteiger partial charge in [0.25, 0.3) is 0 Å². The molecule has 2 N–H and O–H groups in total. The lowest BCUT2D eigenvalue weighted by Crippen LogP contribution is -2.27. The molecule has 0 unspecified atom stereocenters. The van der Waals surface area contributed by atoms with Crippen molar-refractivity contribution in [2.45, 2.75) is 26.4 Å². The Balaban J connectivity index is 2.88. The predicted molar refractivity (Wildman–Crippen MR) is 80.8 cm³/mol. The number of anilines is 1. The first-order chi connectivity index (χ1) is 8.73. The van der Waals surface area contributed by atoms with Crippen LogP contribution in [0.2, 0.25) is 0 Å². The number of ether oxygens (including phenoxy) is 1. The quantitative estimate of drug-likeness (QED) is 0.647. The zero-order valence-electron chi connectivity index (χ0n) is 11.3. The lowest BCUT2D eigenvalue weighted by atomic mass is 10.1. The molecule has 0 aliphatic carbocycles. The van der Waals surface area contributed by atoms with E-state index in [0.29, 0.717) is 11.0 Å². The number of carbonyl (C=O) groups is 1. The lowest BCUT2D eigenvalue weighted by molar-refractivity contribution is 0.0635. The summed E-state index contributed by atoms with van der Waals surface area (Å²) in [5.74, 6) is -0.0167. The van der Waals surface area contributed by atoms with E-state index >= 15 is 0 Å². The Morgan fingerprint density at radius 3 is 2.63 bits per heavy atom. The minimum Gasteiger partial charge on any atom is -0.506 e. The van der Waals surface area contributed by atoms with Crippen LogP contribution < -0.4 is 5.32 Å². The Morgan fingerprint density at radius 1 is 1.47 bits per heavy atom. The monoisotopic (exact) mass is 327 g/mol. The van der Waals surface area contributed by atoms with E-state index in [1.54, 1.807) is 32.9 Å². The maximum atomic E-state index is 11.7. The molecule has 4 nitrogen and oxygen atoms in total. The van der Waals surface area contributed by atoms with Crippen molar-refractivity contribution in [3.8, 4) is 5.75 Å². The van der Waals surface area contributed by atoms with Crippen molar-refractivity contribution in [2.75, 3.05) is 10.6 Å². The van der Waals surface area contributed by atoms with Gasteiger partial charge in [0, 0.05) is 5.33 Å². The molecule has 0 aliphatic heterocycles. The largest absolute Gasteiger partial charge is 0.506 e. The van der Waals surface area contributed by atoms with E-state index in [1.165, 1.54) is 6.07 Å². The average molecular weight is 328 g/mol. The van der Waals surface area contributed by atoms with Gasteiger partial charge >= 0.3 is 6.09 Å². The van der Waals surface area contributed by atoms with Gasteiger partial charge in [-0.15, -0.1) is 0 Å². The number of phenolic OH excluding ortho intramolecular Hbond substituents is 1. The molecule has 0 bridgehead atoms. The third-order valence-electron chi connectivity index (χ3n) is 2.20. The highest BCUT2D eigenvalue weighted by molar-refractivity contribution is 9.09. The zero-order chi connectivity index (χ0) is 14.6. The van der Waals surface area contributed by atoms with Gasteiger partial charge < -0.3 is 9.84 Å². The Labute approximate surface area is 121 Å². The highest BCUT2D eigenvalue weighted by Crippen LogP contribution is 2.28. The van der Waals surface area contributed by atoms with Crippen LogP contribution in [0.4, 0.5) is 10.5 Å². The second-order valence-corrected chi connectivity index (χ2v) is 5.66. The predicted octanol–water partition coefficient (Wildman–Crippen LogP) is 4.15. The molecule has 0 saturated heterocycles. The number of hydrogen-bond acceptors (Lipinski definition) is 3. The van der Waals surface area contributed by atoms with Crippen molar-refractivity contribution in [3.05, 3.63) is 30.3 Å². The molecule has 5 heteroatoms. The fourth-order valence-corrected chi connectivity index (χ4v) is 1.67. The van der Waals surface area contributed by atoms with E-state index in [9.17, 15) is 9.90 Å². The van der Waals surface area contributed by atoms with Crippen molar-refractivity contribution in [1.29, 1.82) is 0 Å². The number of benzene rings is 1. The molecular formula is C14H18BrNO3. The Bertz CT molecular complexity index is 492. The van der Waals surface area contributed by atoms with E-state index in [2.05, 4.69) is 27.8 Å². The molecule has 0 fully saturated rings. The number of allylic oxidation sites excluding steroid dienone is 1. The van der Waals surface area contributed by atoms with Crippen LogP contribution in [0.15, 0.2) is 24.8 Å². The van der Waals surface area contributed by atoms with E-state index in [1.807, 2.05) is 0 Å². The fraction of sp³-hybridized carbons (Fsp3) is 0.357. The van der Waals surface area contributed by atoms with Crippen LogP contribution in [0.5, 0.6) is 5.75 Å². The number of phenols is 1. The second-order valence-electron chi connectivity index (χ2n) is 5.10. The fourth-order valence-electron chi connectivity index (χ4n) is 1.35. The Morgan fingerprint density at radius 2 is 2.11 bits per heavy atom. The number of carbonyl (C=O) groups excluding carboxylic acids is 1. The van der Waals surface area contributed by atoms with Gasteiger partial charge in [-0.25, -0.2) is 4.79 Å². The van der Waals surface area contributed by atoms with Crippen LogP contribution in [-0.2, 0) is 4.74 Å². The van der Waals surface area contributed by atoms with Gasteiger partial charge in [0.1, 0.15) is 11.4 Å². The summed E-state index contributed by atoms with van der Waals surface area (Å²) < 4.78 is 5.13. The van der Waals surface area contributed by atoms with Crippen LogP contribution in [0.25, 0.3) is 5.57 Å². The van der Waals surface area contributed by atoms with E-state index in [0.717, 1.165) is 11.1 Å². The first-order valence-corrected chi connectivity index (χ1v) is 6.92. The smallest absolute Gasteiger partial charge is 0.412 e. The number of nitrogens with one attached hydrogen (secondary N) is 1. The van der Waals surface area contributed by atoms with Crippen LogP contribution in [0.1, 0.15) is 26.3 Å². The number of halogens is 1. The number of amides is 1. The normalized spacial score (nSPS) is 10.9. The van der Waals surface area contributed by atoms with Crippen LogP contribution in [0.3, 0.4) is 0 Å². The average Bonchev–Trinajstić information content (AvgIpc) is 2.28. The van der Waals surface area contributed by atoms with Gasteiger partial charge in [0.2, 0.25) is 0 Å². The molecule has 0 spiro atoms. The van der Waals surface area contributed by atoms with Gasteiger partial charge in [-0.2, -0.15) is 0 Å². The number of hydrogen-bond donors (Lipinski definition) is 2. The highest BCUT2D eigenvalue weighted by Gasteiger charge is 2.17. The first kappa shape index (κ1) is 15.6. The summed E-state index contributed by atoms with van der Waals surface area (Å²) in [7, 11) is 0. The van der Waals surface area contributed by atoms with Gasteiger partial charge in [-0.05, 0) is 44.0 Å². The van der Waals surface area contributed by atoms with Crippen LogP contribution >= 0.6 is 15.9 Å². The number of rotatable bonds is 3. The summed E-state index contributed by atoms with van der Waals surface area (Å²) in [5.41, 5.74) is 1.40. The third-order valence-corrected chi connectivity index (χ3v) is 2.88. The molecule has 0 radical (unpaired) electrons. The van der Waals surface area contributed by atoms with E-state index in [4.69, 9.17) is 4.74 Å². The van der Waals surface area contributed by atoms with E-state index < -0.39 is 11.7 Å². The molecule has 104 valence electrons. The summed E-state index contributed by atoms with van der Waals surface area (Å²) >= 11 is 3.31. The van der Waals surface area contributed by atoms with Crippen LogP contribution in [-0.4, -0.2) is 22.1 Å². The van der Waals surface area contributed by atoms with Crippen molar-refractivity contribution in [2.24, 2.45) is 0 Å². The summed E-state index contributed by atoms with van der Waals surface area (Å²) in [5, 5.41) is 12.9. The molecule has 0 heterocycles. The van der Waals surface area contributed by atoms with Crippen molar-refractivity contribution >= 4 is 33.3 Å². The molecule has 0 aliphatic rings. The molecule has 1 rings (SSSR count). The van der Waals surface area contributed by atoms with Gasteiger partial charge in [0.05, 0.1) is 5.69 Å². The molecule has 0 atom stereocenters. The van der Waals surface area contributed by atoms with E-state index in [-0.39, 0.29) is 5.75 Å². The molecule has 1 aromatic carbocycles. The maximum absolute atomic E-state index is 11.7. The summed E-state index contributed by atoms with van der Waals surface area (Å²) in [6.45, 7) is 9.20. The van der Waals surface area contributed by atoms with Gasteiger partial charge in [-0.1, -0.05) is 28.6 Å². The molecule has 1 amide bonds. The third kappa shape index (κ3) is 4.95. The SMILES string of the molecule is C=C(CBr)c1ccc(O)c(NC(=O)OC(C)(C)C)c1. The molecule has 1 aromatic rings. The summed E-state index contributed by atoms with van der Waals surface area (Å²) in [6, 6.07) is 4.90. The standard InChI is InChI=1S/C14H18BrNO3/c1-9(8-15)10-5-6-12(17)11(7-10)16-13(18)19-14(2,3)4/h5-7,17H,1,8H2,2-4H3,(H,16,18). The van der Waals surface area contributed by atoms with Crippen molar-refractivity contribution in [3.63, 3.8) is 0 Å². The van der Waals surface area contributed by atoms with Gasteiger partial charge in [0.15, 0.2) is 0 Å². The van der Waals surface area contributed by atoms with Crippen molar-refractivity contribution < 1.29 is 14.6 Å². The first-order valence-electron chi connectivity index (χ1n) is 5.80. The summed E-state index contributed by atoms with van der Waals surface area (Å²) in [4.78, 5) is 11.7. The van der Waals surface area contributed by atoms with Crippen molar-refractivity contribution in [1.82, 2.24) is 0 Å². The number of aromatic hydroxyl groups is 1. The summed E-state index contributed by atoms with van der Waals surface area (Å²) in [6.07, 6.45) is -0.607. The second kappa shape index (κ2) is 6.10. The molecule has 19 heavy (non-hydrogen) atoms. The topological polar surface area (TPSA) is 58.6 Å². The Hall–Kier alpha value is -1.49. The van der Waals surface area contributed by atoms with Gasteiger partial charge in [-0.3, -0.25) is 5.32 Å². The molecule has 0 saturated carbocycles. The lowest BCUT2D eigenvalue weighted by Gasteiger charge is -2.20.